The Morgan fingerprint density at radius 1 is 1.47 bits per heavy atom. The highest BCUT2D eigenvalue weighted by atomic mass is 16.5. The molecule has 8 heteroatoms. The number of carboxylic acid groups (broad SMARTS) is 1. The van der Waals surface area contributed by atoms with E-state index in [1.165, 1.54) is 18.0 Å². The number of carbonyl (C=O) groups excluding carboxylic acids is 2. The van der Waals surface area contributed by atoms with E-state index in [0.717, 1.165) is 0 Å². The van der Waals surface area contributed by atoms with Gasteiger partial charge in [0.05, 0.1) is 7.11 Å². The van der Waals surface area contributed by atoms with E-state index in [4.69, 9.17) is 5.11 Å². The normalized spacial score (nSPS) is 11.6. The van der Waals surface area contributed by atoms with E-state index >= 15 is 0 Å². The van der Waals surface area contributed by atoms with E-state index in [0.29, 0.717) is 0 Å². The van der Waals surface area contributed by atoms with E-state index in [2.05, 4.69) is 15.2 Å². The monoisotopic (exact) mass is 269 g/mol. The van der Waals surface area contributed by atoms with Gasteiger partial charge >= 0.3 is 11.9 Å². The molecule has 8 nitrogen and oxygen atoms in total. The third-order valence-corrected chi connectivity index (χ3v) is 2.36. The van der Waals surface area contributed by atoms with Crippen LogP contribution in [0.15, 0.2) is 18.5 Å². The molecule has 0 radical (unpaired) electrons. The first-order valence-corrected chi connectivity index (χ1v) is 5.59. The molecule has 1 unspecified atom stereocenters. The van der Waals surface area contributed by atoms with Crippen molar-refractivity contribution in [3.8, 4) is 0 Å². The van der Waals surface area contributed by atoms with Crippen LogP contribution in [0.2, 0.25) is 0 Å². The summed E-state index contributed by atoms with van der Waals surface area (Å²) in [6.07, 6.45) is 3.01. The average molecular weight is 269 g/mol. The van der Waals surface area contributed by atoms with Crippen LogP contribution in [0, 0.1) is 0 Å². The number of ether oxygens (including phenoxy) is 1. The lowest BCUT2D eigenvalue weighted by atomic mass is 10.1. The van der Waals surface area contributed by atoms with Crippen LogP contribution in [0.3, 0.4) is 0 Å². The zero-order chi connectivity index (χ0) is 14.3. The summed E-state index contributed by atoms with van der Waals surface area (Å²) in [6.45, 7) is -0.0744. The lowest BCUT2D eigenvalue weighted by molar-refractivity contribution is -0.144. The van der Waals surface area contributed by atoms with Crippen molar-refractivity contribution in [1.29, 1.82) is 0 Å². The molecule has 19 heavy (non-hydrogen) atoms. The molecular formula is C11H15N3O5. The van der Waals surface area contributed by atoms with Gasteiger partial charge in [0.25, 0.3) is 0 Å². The molecule has 1 aromatic heterocycles. The molecule has 0 fully saturated rings. The number of esters is 1. The van der Waals surface area contributed by atoms with Crippen LogP contribution in [-0.4, -0.2) is 45.9 Å². The Labute approximate surface area is 109 Å². The van der Waals surface area contributed by atoms with Crippen LogP contribution in [0.4, 0.5) is 0 Å². The molecule has 0 aliphatic heterocycles. The lowest BCUT2D eigenvalue weighted by Gasteiger charge is -2.13. The van der Waals surface area contributed by atoms with E-state index in [9.17, 15) is 14.4 Å². The number of carbonyl (C=O) groups is 3. The van der Waals surface area contributed by atoms with Gasteiger partial charge in [0, 0.05) is 18.8 Å². The topological polar surface area (TPSA) is 111 Å². The number of hydrogen-bond donors (Lipinski definition) is 2. The van der Waals surface area contributed by atoms with Crippen molar-refractivity contribution in [2.45, 2.75) is 25.4 Å². The van der Waals surface area contributed by atoms with Gasteiger partial charge < -0.3 is 15.2 Å². The Kier molecular flexibility index (Phi) is 5.52. The van der Waals surface area contributed by atoms with Crippen molar-refractivity contribution in [3.63, 3.8) is 0 Å². The van der Waals surface area contributed by atoms with Crippen molar-refractivity contribution in [3.05, 3.63) is 18.5 Å². The van der Waals surface area contributed by atoms with Crippen LogP contribution in [0.25, 0.3) is 0 Å². The maximum Gasteiger partial charge on any atom is 0.326 e. The Morgan fingerprint density at radius 2 is 2.21 bits per heavy atom. The number of hydrogen-bond acceptors (Lipinski definition) is 5. The van der Waals surface area contributed by atoms with Crippen LogP contribution in [-0.2, 0) is 25.7 Å². The summed E-state index contributed by atoms with van der Waals surface area (Å²) in [4.78, 5) is 33.5. The smallest absolute Gasteiger partial charge is 0.326 e. The summed E-state index contributed by atoms with van der Waals surface area (Å²) >= 11 is 0. The molecule has 104 valence electrons. The largest absolute Gasteiger partial charge is 0.480 e. The molecule has 1 heterocycles. The van der Waals surface area contributed by atoms with Gasteiger partial charge in [-0.2, -0.15) is 5.10 Å². The fourth-order valence-corrected chi connectivity index (χ4v) is 1.40. The molecule has 1 atom stereocenters. The summed E-state index contributed by atoms with van der Waals surface area (Å²) < 4.78 is 5.78. The minimum atomic E-state index is -1.20. The van der Waals surface area contributed by atoms with E-state index in [1.54, 1.807) is 12.3 Å². The van der Waals surface area contributed by atoms with Gasteiger partial charge in [-0.05, 0) is 12.5 Å². The molecular weight excluding hydrogens is 254 g/mol. The third kappa shape index (κ3) is 5.19. The number of methoxy groups -OCH3 is 1. The van der Waals surface area contributed by atoms with E-state index in [-0.39, 0.29) is 19.4 Å². The maximum absolute atomic E-state index is 11.6. The number of nitrogens with one attached hydrogen (secondary N) is 1. The lowest BCUT2D eigenvalue weighted by Crippen LogP contribution is -2.42. The molecule has 0 aliphatic carbocycles. The highest BCUT2D eigenvalue weighted by molar-refractivity contribution is 5.83. The minimum Gasteiger partial charge on any atom is -0.480 e. The Bertz CT molecular complexity index is 443. The Morgan fingerprint density at radius 3 is 2.74 bits per heavy atom. The summed E-state index contributed by atoms with van der Waals surface area (Å²) in [5.74, 6) is -2.20. The zero-order valence-electron chi connectivity index (χ0n) is 10.4. The summed E-state index contributed by atoms with van der Waals surface area (Å²) in [5, 5.41) is 15.1. The highest BCUT2D eigenvalue weighted by Crippen LogP contribution is 2.00. The van der Waals surface area contributed by atoms with Gasteiger partial charge in [-0.1, -0.05) is 0 Å². The summed E-state index contributed by atoms with van der Waals surface area (Å²) in [7, 11) is 1.22. The number of aliphatic carboxylic acids is 1. The van der Waals surface area contributed by atoms with Crippen molar-refractivity contribution < 1.29 is 24.2 Å². The first-order chi connectivity index (χ1) is 9.02. The van der Waals surface area contributed by atoms with E-state index in [1.807, 2.05) is 0 Å². The quantitative estimate of drug-likeness (QED) is 0.640. The summed E-state index contributed by atoms with van der Waals surface area (Å²) in [5.41, 5.74) is 0. The van der Waals surface area contributed by atoms with E-state index < -0.39 is 23.9 Å². The van der Waals surface area contributed by atoms with Gasteiger partial charge in [-0.25, -0.2) is 4.79 Å². The summed E-state index contributed by atoms with van der Waals surface area (Å²) in [6, 6.07) is 0.529. The highest BCUT2D eigenvalue weighted by Gasteiger charge is 2.21. The molecule has 1 amide bonds. The number of amides is 1. The second kappa shape index (κ2) is 7.14. The third-order valence-electron chi connectivity index (χ3n) is 2.36. The SMILES string of the molecule is COC(=O)CCC(NC(=O)Cn1cccn1)C(=O)O. The van der Waals surface area contributed by atoms with Gasteiger partial charge in [0.15, 0.2) is 0 Å². The molecule has 2 N–H and O–H groups in total. The van der Waals surface area contributed by atoms with Crippen molar-refractivity contribution in [1.82, 2.24) is 15.1 Å². The van der Waals surface area contributed by atoms with Crippen LogP contribution in [0.1, 0.15) is 12.8 Å². The van der Waals surface area contributed by atoms with Crippen LogP contribution >= 0.6 is 0 Å². The van der Waals surface area contributed by atoms with Gasteiger partial charge in [0.2, 0.25) is 5.91 Å². The van der Waals surface area contributed by atoms with Gasteiger partial charge in [-0.15, -0.1) is 0 Å². The number of carboxylic acids is 1. The fourth-order valence-electron chi connectivity index (χ4n) is 1.40. The average Bonchev–Trinajstić information content (AvgIpc) is 2.86. The molecule has 0 spiro atoms. The van der Waals surface area contributed by atoms with Crippen molar-refractivity contribution in [2.75, 3.05) is 7.11 Å². The molecule has 1 aromatic rings. The standard InChI is InChI=1S/C11H15N3O5/c1-19-10(16)4-3-8(11(17)18)13-9(15)7-14-6-2-5-12-14/h2,5-6,8H,3-4,7H2,1H3,(H,13,15)(H,17,18). The zero-order valence-corrected chi connectivity index (χ0v) is 10.4. The van der Waals surface area contributed by atoms with Crippen molar-refractivity contribution >= 4 is 17.8 Å². The van der Waals surface area contributed by atoms with Crippen molar-refractivity contribution in [2.24, 2.45) is 0 Å². The predicted octanol–water partition coefficient (Wildman–Crippen LogP) is -0.594. The molecule has 0 bridgehead atoms. The van der Waals surface area contributed by atoms with Crippen LogP contribution < -0.4 is 5.32 Å². The first kappa shape index (κ1) is 14.7. The number of nitrogens with zero attached hydrogens (tertiary/aromatic N) is 2. The second-order valence-electron chi connectivity index (χ2n) is 3.78. The second-order valence-corrected chi connectivity index (χ2v) is 3.78. The molecule has 0 aliphatic rings. The number of aromatic nitrogens is 2. The Balaban J connectivity index is 2.46. The van der Waals surface area contributed by atoms with Crippen LogP contribution in [0.5, 0.6) is 0 Å². The van der Waals surface area contributed by atoms with Gasteiger partial charge in [-0.3, -0.25) is 14.3 Å². The first-order valence-electron chi connectivity index (χ1n) is 5.59. The minimum absolute atomic E-state index is 0.0210. The molecule has 0 saturated carbocycles. The van der Waals surface area contributed by atoms with Gasteiger partial charge in [0.1, 0.15) is 12.6 Å². The molecule has 0 saturated heterocycles. The predicted molar refractivity (Wildman–Crippen MR) is 63.0 cm³/mol. The molecule has 1 rings (SSSR count). The fraction of sp³-hybridized carbons (Fsp3) is 0.455. The maximum atomic E-state index is 11.6. The Hall–Kier alpha value is -2.38. The molecule has 0 aromatic carbocycles. The number of rotatable bonds is 7.